The summed E-state index contributed by atoms with van der Waals surface area (Å²) in [5.41, 5.74) is 0. The van der Waals surface area contributed by atoms with Crippen LogP contribution in [0.25, 0.3) is 0 Å². The molecule has 0 saturated heterocycles. The SMILES string of the molecule is CCOc1ccc(SCCC#N)cc1. The molecule has 0 saturated carbocycles. The van der Waals surface area contributed by atoms with Gasteiger partial charge in [0.15, 0.2) is 0 Å². The minimum Gasteiger partial charge on any atom is -0.494 e. The van der Waals surface area contributed by atoms with Gasteiger partial charge in [-0.15, -0.1) is 11.8 Å². The van der Waals surface area contributed by atoms with Crippen LogP contribution in [0.4, 0.5) is 0 Å². The van der Waals surface area contributed by atoms with E-state index in [2.05, 4.69) is 6.07 Å². The third-order valence-corrected chi connectivity index (χ3v) is 2.63. The number of hydrogen-bond donors (Lipinski definition) is 0. The average Bonchev–Trinajstić information content (AvgIpc) is 2.21. The molecule has 1 aromatic carbocycles. The summed E-state index contributed by atoms with van der Waals surface area (Å²) in [6, 6.07) is 10.1. The monoisotopic (exact) mass is 207 g/mol. The predicted molar refractivity (Wildman–Crippen MR) is 58.6 cm³/mol. The third kappa shape index (κ3) is 3.71. The van der Waals surface area contributed by atoms with E-state index in [1.807, 2.05) is 31.2 Å². The van der Waals surface area contributed by atoms with Crippen molar-refractivity contribution in [3.05, 3.63) is 24.3 Å². The van der Waals surface area contributed by atoms with Gasteiger partial charge in [0.2, 0.25) is 0 Å². The number of benzene rings is 1. The molecule has 0 bridgehead atoms. The number of hydrogen-bond acceptors (Lipinski definition) is 3. The largest absolute Gasteiger partial charge is 0.494 e. The zero-order chi connectivity index (χ0) is 10.2. The first-order valence-corrected chi connectivity index (χ1v) is 5.58. The normalized spacial score (nSPS) is 9.43. The number of rotatable bonds is 5. The van der Waals surface area contributed by atoms with Crippen molar-refractivity contribution in [1.82, 2.24) is 0 Å². The molecule has 0 aromatic heterocycles. The van der Waals surface area contributed by atoms with Gasteiger partial charge in [-0.05, 0) is 31.2 Å². The summed E-state index contributed by atoms with van der Waals surface area (Å²) >= 11 is 1.69. The maximum absolute atomic E-state index is 8.38. The molecule has 1 rings (SSSR count). The molecular weight excluding hydrogens is 194 g/mol. The molecule has 0 N–H and O–H groups in total. The van der Waals surface area contributed by atoms with Gasteiger partial charge in [-0.1, -0.05) is 0 Å². The first kappa shape index (κ1) is 10.9. The van der Waals surface area contributed by atoms with Crippen LogP contribution in [0.2, 0.25) is 0 Å². The number of thioether (sulfide) groups is 1. The Bertz CT molecular complexity index is 302. The highest BCUT2D eigenvalue weighted by Crippen LogP contribution is 2.21. The van der Waals surface area contributed by atoms with Crippen LogP contribution in [0.15, 0.2) is 29.2 Å². The van der Waals surface area contributed by atoms with Gasteiger partial charge in [0.25, 0.3) is 0 Å². The van der Waals surface area contributed by atoms with E-state index < -0.39 is 0 Å². The Kier molecular flexibility index (Phi) is 4.95. The summed E-state index contributed by atoms with van der Waals surface area (Å²) in [7, 11) is 0. The lowest BCUT2D eigenvalue weighted by Crippen LogP contribution is -1.90. The molecule has 74 valence electrons. The summed E-state index contributed by atoms with van der Waals surface area (Å²) in [6.07, 6.45) is 0.595. The zero-order valence-corrected chi connectivity index (χ0v) is 9.01. The van der Waals surface area contributed by atoms with Crippen LogP contribution in [0, 0.1) is 11.3 Å². The van der Waals surface area contributed by atoms with E-state index >= 15 is 0 Å². The summed E-state index contributed by atoms with van der Waals surface area (Å²) in [6.45, 7) is 2.66. The Morgan fingerprint density at radius 2 is 2.07 bits per heavy atom. The maximum atomic E-state index is 8.38. The van der Waals surface area contributed by atoms with Crippen molar-refractivity contribution in [3.63, 3.8) is 0 Å². The summed E-state index contributed by atoms with van der Waals surface area (Å²) < 4.78 is 5.32. The van der Waals surface area contributed by atoms with Gasteiger partial charge in [0.1, 0.15) is 5.75 Å². The van der Waals surface area contributed by atoms with Gasteiger partial charge in [0, 0.05) is 17.1 Å². The summed E-state index contributed by atoms with van der Waals surface area (Å²) in [5.74, 6) is 1.75. The molecule has 0 aliphatic carbocycles. The molecule has 0 aliphatic heterocycles. The van der Waals surface area contributed by atoms with Crippen molar-refractivity contribution in [2.24, 2.45) is 0 Å². The van der Waals surface area contributed by atoms with Crippen molar-refractivity contribution in [2.75, 3.05) is 12.4 Å². The second-order valence-corrected chi connectivity index (χ2v) is 3.83. The maximum Gasteiger partial charge on any atom is 0.119 e. The van der Waals surface area contributed by atoms with Crippen LogP contribution < -0.4 is 4.74 Å². The molecule has 0 atom stereocenters. The highest BCUT2D eigenvalue weighted by atomic mass is 32.2. The average molecular weight is 207 g/mol. The Balaban J connectivity index is 2.43. The number of ether oxygens (including phenoxy) is 1. The Labute approximate surface area is 88.9 Å². The first-order valence-electron chi connectivity index (χ1n) is 4.59. The molecule has 1 aromatic rings. The second-order valence-electron chi connectivity index (χ2n) is 2.66. The third-order valence-electron chi connectivity index (χ3n) is 1.62. The van der Waals surface area contributed by atoms with Crippen LogP contribution in [-0.4, -0.2) is 12.4 Å². The van der Waals surface area contributed by atoms with E-state index in [0.717, 1.165) is 11.5 Å². The van der Waals surface area contributed by atoms with Gasteiger partial charge < -0.3 is 4.74 Å². The fourth-order valence-corrected chi connectivity index (χ4v) is 1.77. The number of nitriles is 1. The first-order chi connectivity index (χ1) is 6.86. The zero-order valence-electron chi connectivity index (χ0n) is 8.19. The van der Waals surface area contributed by atoms with Crippen LogP contribution in [0.5, 0.6) is 5.75 Å². The molecule has 2 nitrogen and oxygen atoms in total. The van der Waals surface area contributed by atoms with Gasteiger partial charge in [-0.2, -0.15) is 5.26 Å². The lowest BCUT2D eigenvalue weighted by molar-refractivity contribution is 0.340. The molecule has 0 amide bonds. The molecule has 0 unspecified atom stereocenters. The molecule has 0 aliphatic rings. The Morgan fingerprint density at radius 1 is 1.36 bits per heavy atom. The van der Waals surface area contributed by atoms with Crippen molar-refractivity contribution >= 4 is 11.8 Å². The number of nitrogens with zero attached hydrogens (tertiary/aromatic N) is 1. The van der Waals surface area contributed by atoms with Gasteiger partial charge in [0.05, 0.1) is 12.7 Å². The van der Waals surface area contributed by atoms with E-state index in [9.17, 15) is 0 Å². The van der Waals surface area contributed by atoms with E-state index in [0.29, 0.717) is 13.0 Å². The van der Waals surface area contributed by atoms with Gasteiger partial charge in [-0.3, -0.25) is 0 Å². The van der Waals surface area contributed by atoms with Crippen molar-refractivity contribution < 1.29 is 4.74 Å². The van der Waals surface area contributed by atoms with E-state index in [4.69, 9.17) is 10.00 Å². The quantitative estimate of drug-likeness (QED) is 0.549. The highest BCUT2D eigenvalue weighted by molar-refractivity contribution is 7.99. The lowest BCUT2D eigenvalue weighted by Gasteiger charge is -2.03. The molecule has 3 heteroatoms. The van der Waals surface area contributed by atoms with Crippen LogP contribution in [0.3, 0.4) is 0 Å². The molecule has 0 radical (unpaired) electrons. The fraction of sp³-hybridized carbons (Fsp3) is 0.364. The van der Waals surface area contributed by atoms with E-state index in [1.54, 1.807) is 11.8 Å². The van der Waals surface area contributed by atoms with E-state index in [-0.39, 0.29) is 0 Å². The highest BCUT2D eigenvalue weighted by Gasteiger charge is 1.95. The molecular formula is C11H13NOS. The van der Waals surface area contributed by atoms with Crippen molar-refractivity contribution in [2.45, 2.75) is 18.2 Å². The van der Waals surface area contributed by atoms with Crippen LogP contribution >= 0.6 is 11.8 Å². The van der Waals surface area contributed by atoms with E-state index in [1.165, 1.54) is 4.90 Å². The second kappa shape index (κ2) is 6.33. The van der Waals surface area contributed by atoms with Crippen molar-refractivity contribution in [3.8, 4) is 11.8 Å². The molecule has 0 fully saturated rings. The fourth-order valence-electron chi connectivity index (χ4n) is 1.01. The smallest absolute Gasteiger partial charge is 0.119 e. The summed E-state index contributed by atoms with van der Waals surface area (Å²) in [4.78, 5) is 1.18. The summed E-state index contributed by atoms with van der Waals surface area (Å²) in [5, 5.41) is 8.38. The Hall–Kier alpha value is -1.14. The minimum absolute atomic E-state index is 0.595. The standard InChI is InChI=1S/C11H13NOS/c1-2-13-10-4-6-11(7-5-10)14-9-3-8-12/h4-7H,2-3,9H2,1H3. The Morgan fingerprint density at radius 3 is 2.64 bits per heavy atom. The topological polar surface area (TPSA) is 33.0 Å². The van der Waals surface area contributed by atoms with Crippen LogP contribution in [0.1, 0.15) is 13.3 Å². The minimum atomic E-state index is 0.595. The van der Waals surface area contributed by atoms with Crippen molar-refractivity contribution in [1.29, 1.82) is 5.26 Å². The predicted octanol–water partition coefficient (Wildman–Crippen LogP) is 3.09. The molecule has 0 spiro atoms. The van der Waals surface area contributed by atoms with Gasteiger partial charge >= 0.3 is 0 Å². The van der Waals surface area contributed by atoms with Crippen LogP contribution in [-0.2, 0) is 0 Å². The van der Waals surface area contributed by atoms with Gasteiger partial charge in [-0.25, -0.2) is 0 Å². The molecule has 14 heavy (non-hydrogen) atoms. The lowest BCUT2D eigenvalue weighted by atomic mass is 10.3. The molecule has 0 heterocycles.